The van der Waals surface area contributed by atoms with Gasteiger partial charge in [0.25, 0.3) is 0 Å². The molecule has 6 rings (SSSR count). The van der Waals surface area contributed by atoms with Gasteiger partial charge in [0, 0.05) is 55.3 Å². The lowest BCUT2D eigenvalue weighted by atomic mass is 9.79. The average Bonchev–Trinajstić information content (AvgIpc) is 3.75. The molecule has 0 radical (unpaired) electrons. The van der Waals surface area contributed by atoms with Gasteiger partial charge < -0.3 is 29.9 Å². The van der Waals surface area contributed by atoms with Crippen LogP contribution in [0.5, 0.6) is 5.75 Å². The summed E-state index contributed by atoms with van der Waals surface area (Å²) >= 11 is 0. The van der Waals surface area contributed by atoms with Gasteiger partial charge in [-0.25, -0.2) is 14.8 Å². The quantitative estimate of drug-likeness (QED) is 0.256. The number of carbonyl (C=O) groups is 1. The number of aliphatic carboxylic acids is 1. The van der Waals surface area contributed by atoms with E-state index in [0.717, 1.165) is 79.3 Å². The molecular weight excluding hydrogens is 615 g/mol. The highest BCUT2D eigenvalue weighted by Crippen LogP contribution is 2.34. The molecule has 2 atom stereocenters. The third kappa shape index (κ3) is 7.92. The Labute approximate surface area is 270 Å². The molecule has 252 valence electrons. The highest BCUT2D eigenvalue weighted by Gasteiger charge is 2.38. The Morgan fingerprint density at radius 1 is 1.00 bits per heavy atom. The topological polar surface area (TPSA) is 144 Å². The summed E-state index contributed by atoms with van der Waals surface area (Å²) in [4.78, 5) is 27.9. The average molecular weight is 656 g/mol. The van der Waals surface area contributed by atoms with Crippen molar-refractivity contribution in [2.24, 2.45) is 17.1 Å². The van der Waals surface area contributed by atoms with Gasteiger partial charge in [0.2, 0.25) is 11.7 Å². The Morgan fingerprint density at radius 3 is 2.30 bits per heavy atom. The lowest BCUT2D eigenvalue weighted by molar-refractivity contribution is -0.192. The molecule has 0 bridgehead atoms. The molecule has 4 aromatic rings. The van der Waals surface area contributed by atoms with Gasteiger partial charge in [-0.1, -0.05) is 38.1 Å². The van der Waals surface area contributed by atoms with Crippen LogP contribution >= 0.6 is 0 Å². The van der Waals surface area contributed by atoms with Crippen LogP contribution in [0.25, 0.3) is 22.3 Å². The van der Waals surface area contributed by atoms with Crippen LogP contribution in [0.3, 0.4) is 0 Å². The number of methoxy groups -OCH3 is 1. The Bertz CT molecular complexity index is 1670. The number of rotatable bonds is 6. The fourth-order valence-corrected chi connectivity index (χ4v) is 6.03. The maximum atomic E-state index is 10.6. The summed E-state index contributed by atoms with van der Waals surface area (Å²) in [5.74, 6) is 1.98. The van der Waals surface area contributed by atoms with Gasteiger partial charge in [0.05, 0.1) is 7.11 Å². The number of alkyl halides is 3. The Balaban J connectivity index is 0.000000559. The van der Waals surface area contributed by atoms with E-state index >= 15 is 0 Å². The van der Waals surface area contributed by atoms with E-state index in [1.807, 2.05) is 24.4 Å². The number of nitrogens with zero attached hydrogens (tertiary/aromatic N) is 6. The molecule has 2 aliphatic heterocycles. The largest absolute Gasteiger partial charge is 0.494 e. The van der Waals surface area contributed by atoms with Crippen molar-refractivity contribution in [3.05, 3.63) is 54.6 Å². The zero-order valence-electron chi connectivity index (χ0n) is 26.9. The normalized spacial score (nSPS) is 18.2. The van der Waals surface area contributed by atoms with E-state index in [0.29, 0.717) is 17.6 Å². The smallest absolute Gasteiger partial charge is 0.490 e. The first kappa shape index (κ1) is 33.9. The molecule has 0 aliphatic carbocycles. The van der Waals surface area contributed by atoms with E-state index < -0.39 is 12.1 Å². The number of anilines is 2. The minimum absolute atomic E-state index is 0.104. The summed E-state index contributed by atoms with van der Waals surface area (Å²) in [5, 5.41) is 12.5. The maximum Gasteiger partial charge on any atom is 0.490 e. The minimum Gasteiger partial charge on any atom is -0.494 e. The Morgan fingerprint density at radius 2 is 1.68 bits per heavy atom. The number of aromatic nitrogens is 4. The monoisotopic (exact) mass is 655 g/mol. The summed E-state index contributed by atoms with van der Waals surface area (Å²) in [7, 11) is 1.69. The molecule has 14 heteroatoms. The molecule has 2 unspecified atom stereocenters. The summed E-state index contributed by atoms with van der Waals surface area (Å²) in [6.07, 6.45) is -0.280. The molecule has 0 saturated carbocycles. The van der Waals surface area contributed by atoms with Crippen molar-refractivity contribution in [3.63, 3.8) is 0 Å². The second-order valence-electron chi connectivity index (χ2n) is 13.0. The van der Waals surface area contributed by atoms with Gasteiger partial charge in [-0.2, -0.15) is 18.2 Å². The molecule has 11 nitrogen and oxygen atoms in total. The number of hydrogen-bond donors (Lipinski definition) is 2. The summed E-state index contributed by atoms with van der Waals surface area (Å²) in [6, 6.07) is 14.5. The molecule has 0 amide bonds. The number of carboxylic acids is 1. The molecule has 2 saturated heterocycles. The van der Waals surface area contributed by atoms with E-state index in [1.165, 1.54) is 0 Å². The number of pyridine rings is 2. The van der Waals surface area contributed by atoms with Crippen molar-refractivity contribution in [2.45, 2.75) is 58.2 Å². The van der Waals surface area contributed by atoms with Crippen molar-refractivity contribution >= 4 is 28.5 Å². The van der Waals surface area contributed by atoms with Crippen molar-refractivity contribution in [1.82, 2.24) is 20.1 Å². The number of halogens is 3. The number of carboxylic acid groups (broad SMARTS) is 1. The highest BCUT2D eigenvalue weighted by molar-refractivity contribution is 5.86. The standard InChI is InChI=1S/C31H39N7O2.C2HF3O2/c1-31(2,3)28(32)23-14-17-38(19-23)25-10-9-22(18-33-25)29-35-30(40-36-29)21-12-15-37(16-13-21)26-11-8-20-6-5-7-24(39-4)27(20)34-26;3-2(4,5)1(6)7/h5-11,18,21,23,28H,12-17,19,32H2,1-4H3;(H,6,7). The van der Waals surface area contributed by atoms with E-state index in [-0.39, 0.29) is 17.4 Å². The lowest BCUT2D eigenvalue weighted by Crippen LogP contribution is -2.42. The number of fused-ring (bicyclic) bond motifs is 1. The number of ether oxygens (including phenoxy) is 1. The van der Waals surface area contributed by atoms with E-state index in [2.05, 4.69) is 60.0 Å². The van der Waals surface area contributed by atoms with Crippen LogP contribution in [0.4, 0.5) is 24.8 Å². The van der Waals surface area contributed by atoms with Gasteiger partial charge >= 0.3 is 12.1 Å². The van der Waals surface area contributed by atoms with Crippen LogP contribution in [0.15, 0.2) is 53.2 Å². The van der Waals surface area contributed by atoms with E-state index in [1.54, 1.807) is 7.11 Å². The first-order chi connectivity index (χ1) is 22.2. The molecule has 2 fully saturated rings. The van der Waals surface area contributed by atoms with Crippen molar-refractivity contribution in [1.29, 1.82) is 0 Å². The second-order valence-corrected chi connectivity index (χ2v) is 13.0. The molecular formula is C33H40F3N7O4. The van der Waals surface area contributed by atoms with Crippen LogP contribution in [-0.2, 0) is 4.79 Å². The van der Waals surface area contributed by atoms with Gasteiger partial charge in [-0.3, -0.25) is 0 Å². The number of nitrogens with two attached hydrogens (primary N) is 1. The molecule has 0 spiro atoms. The van der Waals surface area contributed by atoms with Crippen LogP contribution in [-0.4, -0.2) is 76.7 Å². The molecule has 3 N–H and O–H groups in total. The predicted octanol–water partition coefficient (Wildman–Crippen LogP) is 5.91. The van der Waals surface area contributed by atoms with Crippen LogP contribution in [0.2, 0.25) is 0 Å². The second kappa shape index (κ2) is 13.7. The molecule has 1 aromatic carbocycles. The third-order valence-corrected chi connectivity index (χ3v) is 8.80. The van der Waals surface area contributed by atoms with E-state index in [9.17, 15) is 13.2 Å². The number of piperidine rings is 1. The van der Waals surface area contributed by atoms with Crippen molar-refractivity contribution < 1.29 is 32.3 Å². The van der Waals surface area contributed by atoms with Gasteiger partial charge in [0.15, 0.2) is 0 Å². The zero-order valence-corrected chi connectivity index (χ0v) is 26.9. The fourth-order valence-electron chi connectivity index (χ4n) is 6.03. The molecule has 5 heterocycles. The first-order valence-electron chi connectivity index (χ1n) is 15.5. The summed E-state index contributed by atoms with van der Waals surface area (Å²) in [6.45, 7) is 10.3. The Kier molecular flexibility index (Phi) is 9.89. The van der Waals surface area contributed by atoms with Crippen molar-refractivity contribution in [3.8, 4) is 17.1 Å². The van der Waals surface area contributed by atoms with E-state index in [4.69, 9.17) is 39.8 Å². The summed E-state index contributed by atoms with van der Waals surface area (Å²) in [5.41, 5.74) is 8.41. The highest BCUT2D eigenvalue weighted by atomic mass is 19.4. The SMILES string of the molecule is COc1cccc2ccc(N3CCC(c4nc(-c5ccc(N6CCC(C(N)C(C)(C)C)C6)nc5)no4)CC3)nc12.O=C(O)C(F)(F)F. The van der Waals surface area contributed by atoms with Gasteiger partial charge in [-0.15, -0.1) is 0 Å². The maximum absolute atomic E-state index is 10.6. The van der Waals surface area contributed by atoms with Crippen LogP contribution in [0, 0.1) is 11.3 Å². The van der Waals surface area contributed by atoms with Gasteiger partial charge in [-0.05, 0) is 60.9 Å². The minimum atomic E-state index is -5.08. The first-order valence-corrected chi connectivity index (χ1v) is 15.5. The zero-order chi connectivity index (χ0) is 33.9. The van der Waals surface area contributed by atoms with Crippen LogP contribution in [0.1, 0.15) is 51.8 Å². The number of hydrogen-bond acceptors (Lipinski definition) is 10. The van der Waals surface area contributed by atoms with Crippen molar-refractivity contribution in [2.75, 3.05) is 43.1 Å². The molecule has 47 heavy (non-hydrogen) atoms. The summed E-state index contributed by atoms with van der Waals surface area (Å²) < 4.78 is 43.0. The molecule has 2 aliphatic rings. The predicted molar refractivity (Wildman–Crippen MR) is 171 cm³/mol. The Hall–Kier alpha value is -4.46. The number of para-hydroxylation sites is 1. The number of benzene rings is 1. The lowest BCUT2D eigenvalue weighted by Gasteiger charge is -2.32. The van der Waals surface area contributed by atoms with Crippen LogP contribution < -0.4 is 20.3 Å². The molecule has 3 aromatic heterocycles. The third-order valence-electron chi connectivity index (χ3n) is 8.80. The van der Waals surface area contributed by atoms with Gasteiger partial charge in [0.1, 0.15) is 22.9 Å². The fraction of sp³-hybridized carbons (Fsp3) is 0.485.